The third kappa shape index (κ3) is 3.49. The molecule has 3 rings (SSSR count). The van der Waals surface area contributed by atoms with E-state index in [1.807, 2.05) is 31.3 Å². The summed E-state index contributed by atoms with van der Waals surface area (Å²) in [5.74, 6) is 0. The Morgan fingerprint density at radius 3 is 2.46 bits per heavy atom. The van der Waals surface area contributed by atoms with E-state index in [9.17, 15) is 10.1 Å². The van der Waals surface area contributed by atoms with Gasteiger partial charge >= 0.3 is 0 Å². The third-order valence-electron chi connectivity index (χ3n) is 4.29. The number of non-ortho nitro benzene ring substituents is 1. The van der Waals surface area contributed by atoms with Gasteiger partial charge in [-0.15, -0.1) is 0 Å². The number of nitrogens with zero attached hydrogens (tertiary/aromatic N) is 3. The first-order valence-corrected chi connectivity index (χ1v) is 8.28. The number of hydrogen-bond donors (Lipinski definition) is 1. The molecule has 2 aromatic carbocycles. The number of hydrogen-bond acceptors (Lipinski definition) is 4. The molecule has 0 unspecified atom stereocenters. The lowest BCUT2D eigenvalue weighted by atomic mass is 10.1. The van der Waals surface area contributed by atoms with Crippen LogP contribution in [0.4, 0.5) is 5.69 Å². The molecule has 26 heavy (non-hydrogen) atoms. The molecule has 3 aromatic rings. The number of nitro benzene ring substituents is 1. The van der Waals surface area contributed by atoms with E-state index in [1.165, 1.54) is 17.7 Å². The van der Waals surface area contributed by atoms with Crippen molar-refractivity contribution in [1.29, 1.82) is 0 Å². The maximum Gasteiger partial charge on any atom is 0.269 e. The lowest BCUT2D eigenvalue weighted by Gasteiger charge is -2.11. The predicted molar refractivity (Wildman–Crippen MR) is 102 cm³/mol. The lowest BCUT2D eigenvalue weighted by molar-refractivity contribution is -0.384. The summed E-state index contributed by atoms with van der Waals surface area (Å²) >= 11 is 0. The molecule has 0 aliphatic heterocycles. The van der Waals surface area contributed by atoms with Crippen LogP contribution in [-0.4, -0.2) is 14.7 Å². The van der Waals surface area contributed by atoms with Gasteiger partial charge < -0.3 is 5.32 Å². The van der Waals surface area contributed by atoms with Gasteiger partial charge in [0.1, 0.15) is 0 Å². The van der Waals surface area contributed by atoms with Crippen LogP contribution in [0.5, 0.6) is 0 Å². The van der Waals surface area contributed by atoms with E-state index in [4.69, 9.17) is 0 Å². The largest absolute Gasteiger partial charge is 0.384 e. The second-order valence-corrected chi connectivity index (χ2v) is 6.07. The molecule has 0 saturated heterocycles. The molecule has 6 nitrogen and oxygen atoms in total. The monoisotopic (exact) mass is 348 g/mol. The van der Waals surface area contributed by atoms with Crippen LogP contribution in [0.25, 0.3) is 18.5 Å². The van der Waals surface area contributed by atoms with Gasteiger partial charge in [-0.05, 0) is 31.5 Å². The number of aromatic nitrogens is 2. The van der Waals surface area contributed by atoms with Gasteiger partial charge in [0.05, 0.1) is 21.7 Å². The molecule has 0 bridgehead atoms. The molecule has 1 aromatic heterocycles. The minimum absolute atomic E-state index is 0.0494. The molecule has 6 heteroatoms. The van der Waals surface area contributed by atoms with Crippen molar-refractivity contribution in [2.75, 3.05) is 0 Å². The Labute approximate surface area is 151 Å². The lowest BCUT2D eigenvalue weighted by Crippen LogP contribution is -2.30. The summed E-state index contributed by atoms with van der Waals surface area (Å²) in [6, 6.07) is 16.6. The Morgan fingerprint density at radius 2 is 1.85 bits per heavy atom. The van der Waals surface area contributed by atoms with Crippen molar-refractivity contribution in [2.45, 2.75) is 19.9 Å². The molecule has 0 aliphatic rings. The Hall–Kier alpha value is -3.41. The van der Waals surface area contributed by atoms with E-state index < -0.39 is 4.92 Å². The molecule has 1 N–H and O–H groups in total. The highest BCUT2D eigenvalue weighted by molar-refractivity contribution is 5.41. The molecule has 132 valence electrons. The van der Waals surface area contributed by atoms with Gasteiger partial charge in [0.15, 0.2) is 0 Å². The molecule has 1 atom stereocenters. The normalized spacial score (nSPS) is 12.8. The summed E-state index contributed by atoms with van der Waals surface area (Å²) in [7, 11) is 0. The van der Waals surface area contributed by atoms with Gasteiger partial charge in [-0.25, -0.2) is 4.68 Å². The van der Waals surface area contributed by atoms with Crippen molar-refractivity contribution < 1.29 is 4.92 Å². The first kappa shape index (κ1) is 17.4. The van der Waals surface area contributed by atoms with Crippen molar-refractivity contribution in [2.24, 2.45) is 0 Å². The quantitative estimate of drug-likeness (QED) is 0.568. The first-order valence-electron chi connectivity index (χ1n) is 8.28. The molecule has 0 aliphatic carbocycles. The Balaban J connectivity index is 1.90. The molecule has 0 fully saturated rings. The highest BCUT2D eigenvalue weighted by Crippen LogP contribution is 2.13. The van der Waals surface area contributed by atoms with Crippen LogP contribution in [-0.2, 0) is 0 Å². The molecule has 1 heterocycles. The predicted octanol–water partition coefficient (Wildman–Crippen LogP) is 2.59. The van der Waals surface area contributed by atoms with Crippen molar-refractivity contribution in [1.82, 2.24) is 15.1 Å². The summed E-state index contributed by atoms with van der Waals surface area (Å²) in [5, 5.41) is 20.3. The number of nitrogens with one attached hydrogen (secondary N) is 1. The fourth-order valence-corrected chi connectivity index (χ4v) is 2.75. The van der Waals surface area contributed by atoms with E-state index in [1.54, 1.807) is 16.8 Å². The minimum Gasteiger partial charge on any atom is -0.384 e. The van der Waals surface area contributed by atoms with E-state index in [2.05, 4.69) is 36.1 Å². The molecule has 0 saturated carbocycles. The summed E-state index contributed by atoms with van der Waals surface area (Å²) in [6.07, 6.45) is 1.92. The molecular formula is C20H20N4O2. The average Bonchev–Trinajstić information content (AvgIpc) is 2.94. The number of rotatable bonds is 5. The van der Waals surface area contributed by atoms with Gasteiger partial charge in [0, 0.05) is 29.6 Å². The van der Waals surface area contributed by atoms with Crippen molar-refractivity contribution in [3.63, 3.8) is 0 Å². The highest BCUT2D eigenvalue weighted by atomic mass is 16.6. The van der Waals surface area contributed by atoms with Crippen LogP contribution in [0.1, 0.15) is 24.2 Å². The Bertz CT molecular complexity index is 1020. The average molecular weight is 348 g/mol. The fraction of sp³-hybridized carbons (Fsp3) is 0.150. The Kier molecular flexibility index (Phi) is 4.84. The van der Waals surface area contributed by atoms with Crippen LogP contribution in [0, 0.1) is 17.0 Å². The summed E-state index contributed by atoms with van der Waals surface area (Å²) in [5.41, 5.74) is 2.81. The molecule has 0 amide bonds. The van der Waals surface area contributed by atoms with Crippen molar-refractivity contribution in [3.05, 3.63) is 86.5 Å². The topological polar surface area (TPSA) is 73.0 Å². The second kappa shape index (κ2) is 7.23. The second-order valence-electron chi connectivity index (χ2n) is 6.07. The molecular weight excluding hydrogens is 328 g/mol. The zero-order valence-corrected chi connectivity index (χ0v) is 14.7. The maximum atomic E-state index is 10.8. The maximum absolute atomic E-state index is 10.8. The van der Waals surface area contributed by atoms with Crippen LogP contribution in [0.3, 0.4) is 0 Å². The number of aryl methyl sites for hydroxylation is 1. The standard InChI is InChI=1S/C20H20N4O2/c1-14(17-7-5-4-6-8-17)21-13-20-15(2)22-23(16(20)3)18-9-11-19(12-10-18)24(25)26/h4-14,21H,3H2,1-2H3/b20-13-/t14-/m0/s1. The van der Waals surface area contributed by atoms with E-state index in [-0.39, 0.29) is 11.7 Å². The fourth-order valence-electron chi connectivity index (χ4n) is 2.75. The highest BCUT2D eigenvalue weighted by Gasteiger charge is 2.08. The summed E-state index contributed by atoms with van der Waals surface area (Å²) in [6.45, 7) is 8.12. The SMILES string of the molecule is C=c1/c(=C\N[C@@H](C)c2ccccc2)c(C)nn1-c1ccc([N+](=O)[O-])cc1. The van der Waals surface area contributed by atoms with Crippen LogP contribution in [0.15, 0.2) is 54.6 Å². The summed E-state index contributed by atoms with van der Waals surface area (Å²) < 4.78 is 1.69. The number of benzene rings is 2. The third-order valence-corrected chi connectivity index (χ3v) is 4.29. The van der Waals surface area contributed by atoms with Gasteiger partial charge in [-0.1, -0.05) is 36.9 Å². The Morgan fingerprint density at radius 1 is 1.19 bits per heavy atom. The van der Waals surface area contributed by atoms with Crippen LogP contribution in [0.2, 0.25) is 0 Å². The smallest absolute Gasteiger partial charge is 0.269 e. The van der Waals surface area contributed by atoms with Crippen molar-refractivity contribution >= 4 is 18.5 Å². The van der Waals surface area contributed by atoms with E-state index in [0.717, 1.165) is 21.9 Å². The van der Waals surface area contributed by atoms with E-state index >= 15 is 0 Å². The minimum atomic E-state index is -0.419. The van der Waals surface area contributed by atoms with E-state index in [0.29, 0.717) is 0 Å². The molecule has 0 spiro atoms. The number of nitro groups is 1. The van der Waals surface area contributed by atoms with Crippen LogP contribution >= 0.6 is 0 Å². The van der Waals surface area contributed by atoms with Gasteiger partial charge in [-0.3, -0.25) is 10.1 Å². The van der Waals surface area contributed by atoms with Gasteiger partial charge in [-0.2, -0.15) is 5.10 Å². The van der Waals surface area contributed by atoms with Gasteiger partial charge in [0.25, 0.3) is 5.69 Å². The zero-order chi connectivity index (χ0) is 18.7. The van der Waals surface area contributed by atoms with Gasteiger partial charge in [0.2, 0.25) is 0 Å². The van der Waals surface area contributed by atoms with Crippen molar-refractivity contribution in [3.8, 4) is 5.69 Å². The first-order chi connectivity index (χ1) is 12.5. The summed E-state index contributed by atoms with van der Waals surface area (Å²) in [4.78, 5) is 10.4. The van der Waals surface area contributed by atoms with Crippen LogP contribution < -0.4 is 15.9 Å². The zero-order valence-electron chi connectivity index (χ0n) is 14.7. The molecule has 0 radical (unpaired) electrons.